The van der Waals surface area contributed by atoms with Gasteiger partial charge in [0, 0.05) is 38.3 Å². The third-order valence-corrected chi connectivity index (χ3v) is 4.37. The number of nitrogens with zero attached hydrogens (tertiary/aromatic N) is 3. The molecule has 1 aromatic heterocycles. The first-order chi connectivity index (χ1) is 9.74. The van der Waals surface area contributed by atoms with Crippen molar-refractivity contribution in [2.45, 2.75) is 19.0 Å². The highest BCUT2D eigenvalue weighted by Crippen LogP contribution is 2.25. The Morgan fingerprint density at radius 2 is 2.35 bits per heavy atom. The minimum Gasteiger partial charge on any atom is -0.371 e. The molecule has 5 nitrogen and oxygen atoms in total. The van der Waals surface area contributed by atoms with E-state index in [9.17, 15) is 4.79 Å². The second kappa shape index (κ2) is 5.89. The molecular weight excluding hydrogens is 254 g/mol. The van der Waals surface area contributed by atoms with Crippen molar-refractivity contribution in [1.29, 1.82) is 0 Å². The van der Waals surface area contributed by atoms with Gasteiger partial charge in [-0.25, -0.2) is 0 Å². The van der Waals surface area contributed by atoms with Gasteiger partial charge in [0.05, 0.1) is 12.3 Å². The summed E-state index contributed by atoms with van der Waals surface area (Å²) in [6, 6.07) is 6.27. The average Bonchev–Trinajstić information content (AvgIpc) is 2.61. The zero-order chi connectivity index (χ0) is 13.9. The Hall–Kier alpha value is -1.46. The number of carbonyl (C=O) groups is 1. The van der Waals surface area contributed by atoms with Crippen molar-refractivity contribution in [1.82, 2.24) is 14.8 Å². The molecule has 2 fully saturated rings. The Morgan fingerprint density at radius 1 is 1.45 bits per heavy atom. The van der Waals surface area contributed by atoms with E-state index >= 15 is 0 Å². The lowest BCUT2D eigenvalue weighted by Crippen LogP contribution is -2.52. The molecule has 0 aliphatic carbocycles. The van der Waals surface area contributed by atoms with Gasteiger partial charge in [-0.3, -0.25) is 14.7 Å². The van der Waals surface area contributed by atoms with Crippen molar-refractivity contribution in [2.75, 3.05) is 33.4 Å². The van der Waals surface area contributed by atoms with Crippen LogP contribution in [0.1, 0.15) is 12.1 Å². The van der Waals surface area contributed by atoms with Crippen LogP contribution >= 0.6 is 0 Å². The number of carbonyl (C=O) groups excluding carboxylic acids is 1. The van der Waals surface area contributed by atoms with Gasteiger partial charge in [0.2, 0.25) is 5.91 Å². The van der Waals surface area contributed by atoms with Crippen LogP contribution in [0.5, 0.6) is 0 Å². The van der Waals surface area contributed by atoms with Gasteiger partial charge in [-0.15, -0.1) is 0 Å². The summed E-state index contributed by atoms with van der Waals surface area (Å²) in [7, 11) is 1.90. The molecule has 3 rings (SSSR count). The first kappa shape index (κ1) is 13.5. The van der Waals surface area contributed by atoms with E-state index in [2.05, 4.69) is 16.0 Å². The van der Waals surface area contributed by atoms with E-state index in [0.717, 1.165) is 31.7 Å². The first-order valence-electron chi connectivity index (χ1n) is 7.19. The molecule has 1 amide bonds. The van der Waals surface area contributed by atoms with Crippen LogP contribution in [-0.2, 0) is 16.1 Å². The van der Waals surface area contributed by atoms with Crippen LogP contribution in [0.25, 0.3) is 0 Å². The summed E-state index contributed by atoms with van der Waals surface area (Å²) in [5.41, 5.74) is 1.09. The molecule has 0 radical (unpaired) electrons. The van der Waals surface area contributed by atoms with Crippen LogP contribution in [0.15, 0.2) is 24.4 Å². The molecule has 108 valence electrons. The number of ether oxygens (including phenoxy) is 1. The Balaban J connectivity index is 1.67. The fourth-order valence-corrected chi connectivity index (χ4v) is 3.13. The van der Waals surface area contributed by atoms with Gasteiger partial charge in [-0.1, -0.05) is 6.07 Å². The van der Waals surface area contributed by atoms with Crippen LogP contribution in [0.3, 0.4) is 0 Å². The van der Waals surface area contributed by atoms with Gasteiger partial charge in [-0.2, -0.15) is 0 Å². The maximum atomic E-state index is 11.9. The fourth-order valence-electron chi connectivity index (χ4n) is 3.13. The summed E-state index contributed by atoms with van der Waals surface area (Å²) in [4.78, 5) is 20.6. The molecule has 0 unspecified atom stereocenters. The molecular formula is C15H21N3O2. The van der Waals surface area contributed by atoms with E-state index in [1.807, 2.05) is 30.3 Å². The average molecular weight is 275 g/mol. The normalized spacial score (nSPS) is 28.1. The number of piperidine rings is 1. The predicted molar refractivity (Wildman–Crippen MR) is 75.0 cm³/mol. The summed E-state index contributed by atoms with van der Waals surface area (Å²) in [5.74, 6) is 0.559. The summed E-state index contributed by atoms with van der Waals surface area (Å²) in [6.07, 6.45) is 2.91. The van der Waals surface area contributed by atoms with Gasteiger partial charge in [0.1, 0.15) is 6.61 Å². The highest BCUT2D eigenvalue weighted by molar-refractivity contribution is 5.77. The zero-order valence-corrected chi connectivity index (χ0v) is 11.9. The van der Waals surface area contributed by atoms with Crippen molar-refractivity contribution in [2.24, 2.45) is 5.92 Å². The van der Waals surface area contributed by atoms with Crippen molar-refractivity contribution >= 4 is 5.91 Å². The molecule has 0 spiro atoms. The molecule has 2 aliphatic heterocycles. The highest BCUT2D eigenvalue weighted by Gasteiger charge is 2.36. The molecule has 0 N–H and O–H groups in total. The molecule has 2 saturated heterocycles. The smallest absolute Gasteiger partial charge is 0.248 e. The summed E-state index contributed by atoms with van der Waals surface area (Å²) < 4.78 is 5.48. The van der Waals surface area contributed by atoms with E-state index in [4.69, 9.17) is 4.74 Å². The van der Waals surface area contributed by atoms with Crippen molar-refractivity contribution < 1.29 is 9.53 Å². The lowest BCUT2D eigenvalue weighted by molar-refractivity contribution is -0.134. The van der Waals surface area contributed by atoms with Gasteiger partial charge >= 0.3 is 0 Å². The molecule has 1 aromatic rings. The number of likely N-dealkylation sites (tertiary alicyclic amines) is 1. The number of aromatic nitrogens is 1. The number of hydrogen-bond donors (Lipinski definition) is 0. The molecule has 0 aromatic carbocycles. The predicted octanol–water partition coefficient (Wildman–Crippen LogP) is 0.761. The van der Waals surface area contributed by atoms with Crippen molar-refractivity contribution in [3.8, 4) is 0 Å². The van der Waals surface area contributed by atoms with Crippen LogP contribution < -0.4 is 0 Å². The largest absolute Gasteiger partial charge is 0.371 e. The van der Waals surface area contributed by atoms with Gasteiger partial charge < -0.3 is 9.64 Å². The lowest BCUT2D eigenvalue weighted by Gasteiger charge is -2.40. The fraction of sp³-hybridized carbons (Fsp3) is 0.600. The zero-order valence-electron chi connectivity index (χ0n) is 11.9. The minimum atomic E-state index is 0.0946. The quantitative estimate of drug-likeness (QED) is 0.799. The first-order valence-corrected chi connectivity index (χ1v) is 7.19. The lowest BCUT2D eigenvalue weighted by atomic mass is 9.91. The number of rotatable bonds is 2. The molecule has 20 heavy (non-hydrogen) atoms. The number of amides is 1. The molecule has 2 aliphatic rings. The maximum absolute atomic E-state index is 11.9. The molecule has 0 saturated carbocycles. The summed E-state index contributed by atoms with van der Waals surface area (Å²) >= 11 is 0. The van der Waals surface area contributed by atoms with E-state index in [-0.39, 0.29) is 18.6 Å². The van der Waals surface area contributed by atoms with Crippen LogP contribution in [0.2, 0.25) is 0 Å². The monoisotopic (exact) mass is 275 g/mol. The molecule has 3 heterocycles. The highest BCUT2D eigenvalue weighted by atomic mass is 16.5. The Bertz CT molecular complexity index is 465. The SMILES string of the molecule is CN1C(=O)COC[C@@H]2CCN(Cc3ccccn3)C[C@@H]21. The molecule has 5 heteroatoms. The standard InChI is InChI=1S/C15H21N3O2/c1-17-14-9-18(8-13-4-2-3-6-16-13)7-5-12(14)10-20-11-15(17)19/h2-4,6,12,14H,5,7-11H2,1H3/t12-,14-/m0/s1. The Kier molecular flexibility index (Phi) is 3.98. The van der Waals surface area contributed by atoms with Gasteiger partial charge in [-0.05, 0) is 25.1 Å². The number of likely N-dealkylation sites (N-methyl/N-ethyl adjacent to an activating group) is 1. The second-order valence-electron chi connectivity index (χ2n) is 5.69. The van der Waals surface area contributed by atoms with E-state index < -0.39 is 0 Å². The maximum Gasteiger partial charge on any atom is 0.248 e. The Morgan fingerprint density at radius 3 is 3.15 bits per heavy atom. The topological polar surface area (TPSA) is 45.7 Å². The van der Waals surface area contributed by atoms with E-state index in [1.54, 1.807) is 0 Å². The van der Waals surface area contributed by atoms with Crippen LogP contribution in [-0.4, -0.2) is 60.1 Å². The van der Waals surface area contributed by atoms with Gasteiger partial charge in [0.15, 0.2) is 0 Å². The molecule has 0 bridgehead atoms. The summed E-state index contributed by atoms with van der Waals surface area (Å²) in [5, 5.41) is 0. The van der Waals surface area contributed by atoms with E-state index in [0.29, 0.717) is 12.5 Å². The summed E-state index contributed by atoms with van der Waals surface area (Å²) in [6.45, 7) is 3.74. The van der Waals surface area contributed by atoms with Crippen LogP contribution in [0.4, 0.5) is 0 Å². The van der Waals surface area contributed by atoms with Crippen LogP contribution in [0, 0.1) is 5.92 Å². The number of pyridine rings is 1. The molecule has 2 atom stereocenters. The second-order valence-corrected chi connectivity index (χ2v) is 5.69. The van der Waals surface area contributed by atoms with Crippen molar-refractivity contribution in [3.63, 3.8) is 0 Å². The van der Waals surface area contributed by atoms with E-state index in [1.165, 1.54) is 0 Å². The van der Waals surface area contributed by atoms with Crippen molar-refractivity contribution in [3.05, 3.63) is 30.1 Å². The van der Waals surface area contributed by atoms with Gasteiger partial charge in [0.25, 0.3) is 0 Å². The third kappa shape index (κ3) is 2.83. The third-order valence-electron chi connectivity index (χ3n) is 4.37. The number of hydrogen-bond acceptors (Lipinski definition) is 4. The minimum absolute atomic E-state index is 0.0946. The number of fused-ring (bicyclic) bond motifs is 1. The Labute approximate surface area is 119 Å².